The van der Waals surface area contributed by atoms with Crippen molar-refractivity contribution >= 4 is 18.0 Å². The average Bonchev–Trinajstić information content (AvgIpc) is 2.77. The van der Waals surface area contributed by atoms with Crippen molar-refractivity contribution in [2.75, 3.05) is 13.7 Å². The molecule has 2 amide bonds. The normalized spacial score (nSPS) is 10.9. The Morgan fingerprint density at radius 2 is 1.58 bits per heavy atom. The van der Waals surface area contributed by atoms with Gasteiger partial charge in [-0.1, -0.05) is 71.1 Å². The fourth-order valence-corrected chi connectivity index (χ4v) is 3.19. The van der Waals surface area contributed by atoms with Crippen LogP contribution in [0.4, 0.5) is 0 Å². The van der Waals surface area contributed by atoms with Gasteiger partial charge >= 0.3 is 0 Å². The minimum Gasteiger partial charge on any atom is -0.507 e. The first-order chi connectivity index (χ1) is 15.1. The molecule has 0 bridgehead atoms. The van der Waals surface area contributed by atoms with E-state index in [0.29, 0.717) is 17.7 Å². The molecule has 0 radical (unpaired) electrons. The predicted octanol–water partition coefficient (Wildman–Crippen LogP) is 4.67. The lowest BCUT2D eigenvalue weighted by atomic mass is 10.1. The molecule has 1 rings (SSSR count). The van der Waals surface area contributed by atoms with E-state index in [4.69, 9.17) is 4.74 Å². The van der Waals surface area contributed by atoms with Gasteiger partial charge in [-0.05, 0) is 24.6 Å². The third kappa shape index (κ3) is 13.4. The van der Waals surface area contributed by atoms with Crippen molar-refractivity contribution in [3.05, 3.63) is 23.8 Å². The molecule has 0 unspecified atom stereocenters. The number of amides is 2. The maximum Gasteiger partial charge on any atom is 0.259 e. The Morgan fingerprint density at radius 3 is 2.19 bits per heavy atom. The molecule has 0 heterocycles. The molecule has 0 saturated carbocycles. The highest BCUT2D eigenvalue weighted by atomic mass is 16.5. The molecule has 1 aromatic carbocycles. The summed E-state index contributed by atoms with van der Waals surface area (Å²) in [4.78, 5) is 23.6. The van der Waals surface area contributed by atoms with Crippen LogP contribution in [0.25, 0.3) is 0 Å². The van der Waals surface area contributed by atoms with E-state index in [9.17, 15) is 14.7 Å². The molecule has 174 valence electrons. The first kappa shape index (κ1) is 26.5. The van der Waals surface area contributed by atoms with Gasteiger partial charge in [0.1, 0.15) is 11.5 Å². The molecule has 0 atom stereocenters. The Labute approximate surface area is 186 Å². The van der Waals surface area contributed by atoms with Gasteiger partial charge in [-0.2, -0.15) is 5.10 Å². The molecule has 1 aromatic rings. The van der Waals surface area contributed by atoms with Crippen LogP contribution in [0.2, 0.25) is 0 Å². The van der Waals surface area contributed by atoms with Crippen LogP contribution in [-0.4, -0.2) is 36.8 Å². The van der Waals surface area contributed by atoms with E-state index < -0.39 is 5.91 Å². The second-order valence-electron chi connectivity index (χ2n) is 7.78. The topological polar surface area (TPSA) is 100 Å². The molecule has 0 aromatic heterocycles. The van der Waals surface area contributed by atoms with Gasteiger partial charge in [0.15, 0.2) is 0 Å². The lowest BCUT2D eigenvalue weighted by Gasteiger charge is -2.05. The second kappa shape index (κ2) is 17.1. The van der Waals surface area contributed by atoms with Crippen LogP contribution in [0.15, 0.2) is 23.3 Å². The fraction of sp³-hybridized carbons (Fsp3) is 0.625. The molecule has 0 aliphatic heterocycles. The number of hydrogen-bond acceptors (Lipinski definition) is 5. The third-order valence-electron chi connectivity index (χ3n) is 5.08. The zero-order valence-corrected chi connectivity index (χ0v) is 19.1. The minimum absolute atomic E-state index is 0.0269. The smallest absolute Gasteiger partial charge is 0.259 e. The highest BCUT2D eigenvalue weighted by Gasteiger charge is 2.05. The number of phenolic OH excluding ortho intramolecular Hbond substituents is 1. The van der Waals surface area contributed by atoms with Gasteiger partial charge in [0.2, 0.25) is 5.91 Å². The maximum absolute atomic E-state index is 11.8. The van der Waals surface area contributed by atoms with Crippen LogP contribution in [-0.2, 0) is 9.59 Å². The van der Waals surface area contributed by atoms with Crippen LogP contribution in [0.1, 0.15) is 89.5 Å². The molecule has 7 heteroatoms. The number of aromatic hydroxyl groups is 1. The number of nitrogens with one attached hydrogen (secondary N) is 2. The summed E-state index contributed by atoms with van der Waals surface area (Å²) < 4.78 is 5.08. The highest BCUT2D eigenvalue weighted by Crippen LogP contribution is 2.20. The number of carbonyl (C=O) groups is 2. The zero-order valence-electron chi connectivity index (χ0n) is 19.1. The van der Waals surface area contributed by atoms with Crippen LogP contribution < -0.4 is 15.5 Å². The summed E-state index contributed by atoms with van der Waals surface area (Å²) in [6.45, 7) is 2.11. The molecule has 0 spiro atoms. The van der Waals surface area contributed by atoms with Gasteiger partial charge in [-0.25, -0.2) is 5.43 Å². The summed E-state index contributed by atoms with van der Waals surface area (Å²) in [5, 5.41) is 16.2. The van der Waals surface area contributed by atoms with Crippen LogP contribution >= 0.6 is 0 Å². The SMILES string of the molecule is CCCCCCCCCCCCCC(=O)NCC(=O)N/N=C/c1cc(OC)ccc1O. The van der Waals surface area contributed by atoms with E-state index in [1.54, 1.807) is 12.1 Å². The number of methoxy groups -OCH3 is 1. The Morgan fingerprint density at radius 1 is 0.968 bits per heavy atom. The minimum atomic E-state index is -0.425. The Balaban J connectivity index is 2.05. The van der Waals surface area contributed by atoms with Gasteiger partial charge in [-0.3, -0.25) is 9.59 Å². The number of hydrogen-bond donors (Lipinski definition) is 3. The van der Waals surface area contributed by atoms with Crippen LogP contribution in [0.3, 0.4) is 0 Å². The standard InChI is InChI=1S/C24H39N3O4/c1-3-4-5-6-7-8-9-10-11-12-13-14-23(29)25-19-24(30)27-26-18-20-17-21(31-2)15-16-22(20)28/h15-18,28H,3-14,19H2,1-2H3,(H,25,29)(H,27,30)/b26-18+. The van der Waals surface area contributed by atoms with Crippen molar-refractivity contribution < 1.29 is 19.4 Å². The summed E-state index contributed by atoms with van der Waals surface area (Å²) in [5.41, 5.74) is 2.74. The lowest BCUT2D eigenvalue weighted by Crippen LogP contribution is -2.34. The van der Waals surface area contributed by atoms with E-state index >= 15 is 0 Å². The summed E-state index contributed by atoms with van der Waals surface area (Å²) in [6.07, 6.45) is 15.4. The third-order valence-corrected chi connectivity index (χ3v) is 5.08. The van der Waals surface area contributed by atoms with Crippen molar-refractivity contribution in [2.45, 2.75) is 84.0 Å². The highest BCUT2D eigenvalue weighted by molar-refractivity contribution is 5.87. The first-order valence-electron chi connectivity index (χ1n) is 11.5. The zero-order chi connectivity index (χ0) is 22.7. The quantitative estimate of drug-likeness (QED) is 0.189. The Kier molecular flexibility index (Phi) is 14.6. The van der Waals surface area contributed by atoms with E-state index in [1.807, 2.05) is 0 Å². The lowest BCUT2D eigenvalue weighted by molar-refractivity contribution is -0.126. The maximum atomic E-state index is 11.8. The largest absolute Gasteiger partial charge is 0.507 e. The Bertz CT molecular complexity index is 677. The van der Waals surface area contributed by atoms with E-state index in [-0.39, 0.29) is 18.2 Å². The summed E-state index contributed by atoms with van der Waals surface area (Å²) in [5.74, 6) is 0.0470. The number of nitrogens with zero attached hydrogens (tertiary/aromatic N) is 1. The summed E-state index contributed by atoms with van der Waals surface area (Å²) in [7, 11) is 1.52. The van der Waals surface area contributed by atoms with Gasteiger partial charge in [0.25, 0.3) is 5.91 Å². The van der Waals surface area contributed by atoms with Crippen molar-refractivity contribution in [1.82, 2.24) is 10.7 Å². The van der Waals surface area contributed by atoms with Crippen molar-refractivity contribution in [3.8, 4) is 11.5 Å². The number of unbranched alkanes of at least 4 members (excludes halogenated alkanes) is 10. The first-order valence-corrected chi connectivity index (χ1v) is 11.5. The number of benzene rings is 1. The molecule has 7 nitrogen and oxygen atoms in total. The van der Waals surface area contributed by atoms with Crippen molar-refractivity contribution in [1.29, 1.82) is 0 Å². The van der Waals surface area contributed by atoms with Crippen LogP contribution in [0, 0.1) is 0 Å². The molecule has 0 aliphatic rings. The molecular weight excluding hydrogens is 394 g/mol. The molecular formula is C24H39N3O4. The molecule has 3 N–H and O–H groups in total. The molecule has 0 fully saturated rings. The van der Waals surface area contributed by atoms with E-state index in [1.165, 1.54) is 70.8 Å². The summed E-state index contributed by atoms with van der Waals surface area (Å²) in [6, 6.07) is 4.70. The predicted molar refractivity (Wildman–Crippen MR) is 124 cm³/mol. The van der Waals surface area contributed by atoms with Gasteiger partial charge in [-0.15, -0.1) is 0 Å². The van der Waals surface area contributed by atoms with Gasteiger partial charge in [0, 0.05) is 12.0 Å². The van der Waals surface area contributed by atoms with E-state index in [0.717, 1.165) is 19.3 Å². The van der Waals surface area contributed by atoms with Crippen molar-refractivity contribution in [3.63, 3.8) is 0 Å². The van der Waals surface area contributed by atoms with Gasteiger partial charge in [0.05, 0.1) is 19.9 Å². The fourth-order valence-electron chi connectivity index (χ4n) is 3.19. The van der Waals surface area contributed by atoms with E-state index in [2.05, 4.69) is 22.8 Å². The van der Waals surface area contributed by atoms with Crippen molar-refractivity contribution in [2.24, 2.45) is 5.10 Å². The average molecular weight is 434 g/mol. The summed E-state index contributed by atoms with van der Waals surface area (Å²) >= 11 is 0. The molecule has 0 saturated heterocycles. The molecule has 0 aliphatic carbocycles. The van der Waals surface area contributed by atoms with Gasteiger partial charge < -0.3 is 15.2 Å². The Hall–Kier alpha value is -2.57. The number of hydrazone groups is 1. The molecule has 31 heavy (non-hydrogen) atoms. The number of ether oxygens (including phenoxy) is 1. The number of rotatable bonds is 17. The number of phenols is 1. The number of carbonyl (C=O) groups excluding carboxylic acids is 2. The van der Waals surface area contributed by atoms with Crippen LogP contribution in [0.5, 0.6) is 11.5 Å². The monoisotopic (exact) mass is 433 g/mol. The second-order valence-corrected chi connectivity index (χ2v) is 7.78.